The van der Waals surface area contributed by atoms with Crippen LogP contribution < -0.4 is 0 Å². The fourth-order valence-electron chi connectivity index (χ4n) is 5.52. The molecule has 0 aliphatic rings. The Hall–Kier alpha value is -5.01. The molecule has 0 radical (unpaired) electrons. The summed E-state index contributed by atoms with van der Waals surface area (Å²) in [7, 11) is 0. The maximum absolute atomic E-state index is 4.94. The van der Waals surface area contributed by atoms with Gasteiger partial charge in [0.2, 0.25) is 0 Å². The van der Waals surface area contributed by atoms with Crippen molar-refractivity contribution in [2.75, 3.05) is 0 Å². The van der Waals surface area contributed by atoms with E-state index in [0.717, 1.165) is 5.52 Å². The van der Waals surface area contributed by atoms with E-state index in [9.17, 15) is 0 Å². The van der Waals surface area contributed by atoms with Crippen LogP contribution in [0.5, 0.6) is 0 Å². The van der Waals surface area contributed by atoms with E-state index in [0.29, 0.717) is 0 Å². The normalized spacial score (nSPS) is 11.2. The second-order valence-electron chi connectivity index (χ2n) is 9.58. The van der Waals surface area contributed by atoms with Gasteiger partial charge in [-0.15, -0.1) is 0 Å². The average Bonchev–Trinajstić information content (AvgIpc) is 3.01. The summed E-state index contributed by atoms with van der Waals surface area (Å²) in [5, 5.41) is 3.62. The molecule has 38 heavy (non-hydrogen) atoms. The maximum atomic E-state index is 4.94. The van der Waals surface area contributed by atoms with Crippen LogP contribution >= 0.6 is 0 Å². The minimum atomic E-state index is 1.03. The molecule has 0 aliphatic carbocycles. The van der Waals surface area contributed by atoms with Gasteiger partial charge in [0.1, 0.15) is 0 Å². The summed E-state index contributed by atoms with van der Waals surface area (Å²) in [6, 6.07) is 51.8. The number of benzene rings is 6. The molecule has 1 heteroatoms. The molecule has 0 amide bonds. The molecule has 6 aromatic carbocycles. The zero-order valence-corrected chi connectivity index (χ0v) is 20.9. The van der Waals surface area contributed by atoms with Crippen molar-refractivity contribution in [2.24, 2.45) is 0 Å². The van der Waals surface area contributed by atoms with E-state index in [4.69, 9.17) is 4.98 Å². The van der Waals surface area contributed by atoms with Gasteiger partial charge in [-0.25, -0.2) is 0 Å². The summed E-state index contributed by atoms with van der Waals surface area (Å²) in [4.78, 5) is 4.94. The maximum Gasteiger partial charge on any atom is 0.0792 e. The Kier molecular flexibility index (Phi) is 5.53. The Morgan fingerprint density at radius 3 is 1.24 bits per heavy atom. The van der Waals surface area contributed by atoms with E-state index in [1.54, 1.807) is 0 Å². The van der Waals surface area contributed by atoms with E-state index in [1.165, 1.54) is 60.7 Å². The van der Waals surface area contributed by atoms with E-state index in [1.807, 2.05) is 12.3 Å². The number of nitrogens with zero attached hydrogens (tertiary/aromatic N) is 1. The third-order valence-electron chi connectivity index (χ3n) is 7.34. The molecule has 0 aliphatic heterocycles. The Bertz CT molecular complexity index is 1670. The fraction of sp³-hybridized carbons (Fsp3) is 0. The Morgan fingerprint density at radius 2 is 0.684 bits per heavy atom. The molecule has 0 unspecified atom stereocenters. The van der Waals surface area contributed by atoms with E-state index in [-0.39, 0.29) is 0 Å². The predicted octanol–water partition coefficient (Wildman–Crippen LogP) is 10.1. The molecule has 0 spiro atoms. The standard InChI is InChI=1S/C37H25N/c1-3-10-26(11-4-1)28-17-21-30(22-18-28)35-32-14-7-8-15-33(32)36(37-34(35)16-9-25-38-37)31-23-19-29(20-24-31)27-12-5-2-6-13-27/h1-25H. The summed E-state index contributed by atoms with van der Waals surface area (Å²) < 4.78 is 0. The molecule has 0 N–H and O–H groups in total. The van der Waals surface area contributed by atoms with Crippen LogP contribution in [0.15, 0.2) is 152 Å². The Labute approximate surface area is 222 Å². The summed E-state index contributed by atoms with van der Waals surface area (Å²) in [5.41, 5.74) is 10.7. The van der Waals surface area contributed by atoms with Crippen LogP contribution in [0, 0.1) is 0 Å². The van der Waals surface area contributed by atoms with E-state index >= 15 is 0 Å². The lowest BCUT2D eigenvalue weighted by molar-refractivity contribution is 1.42. The van der Waals surface area contributed by atoms with Gasteiger partial charge >= 0.3 is 0 Å². The summed E-state index contributed by atoms with van der Waals surface area (Å²) in [6.45, 7) is 0. The summed E-state index contributed by atoms with van der Waals surface area (Å²) >= 11 is 0. The van der Waals surface area contributed by atoms with Crippen LogP contribution in [0.1, 0.15) is 0 Å². The third-order valence-corrected chi connectivity index (χ3v) is 7.34. The number of pyridine rings is 1. The zero-order valence-electron chi connectivity index (χ0n) is 20.9. The van der Waals surface area contributed by atoms with Crippen molar-refractivity contribution in [3.05, 3.63) is 152 Å². The molecule has 0 saturated carbocycles. The third kappa shape index (κ3) is 3.86. The van der Waals surface area contributed by atoms with Gasteiger partial charge in [0.15, 0.2) is 0 Å². The predicted molar refractivity (Wildman–Crippen MR) is 161 cm³/mol. The van der Waals surface area contributed by atoms with Gasteiger partial charge in [-0.3, -0.25) is 4.98 Å². The highest BCUT2D eigenvalue weighted by atomic mass is 14.7. The summed E-state index contributed by atoms with van der Waals surface area (Å²) in [5.74, 6) is 0. The molecular weight excluding hydrogens is 458 g/mol. The molecule has 0 fully saturated rings. The number of aromatic nitrogens is 1. The minimum absolute atomic E-state index is 1.03. The zero-order chi connectivity index (χ0) is 25.3. The summed E-state index contributed by atoms with van der Waals surface area (Å²) in [6.07, 6.45) is 1.90. The molecule has 7 rings (SSSR count). The molecule has 1 aromatic heterocycles. The number of fused-ring (bicyclic) bond motifs is 2. The van der Waals surface area contributed by atoms with Crippen molar-refractivity contribution < 1.29 is 0 Å². The van der Waals surface area contributed by atoms with Crippen LogP contribution in [0.3, 0.4) is 0 Å². The lowest BCUT2D eigenvalue weighted by atomic mass is 9.87. The SMILES string of the molecule is c1ccc(-c2ccc(-c3c4ccccc4c(-c4ccc(-c5ccccc5)cc4)c4ncccc34)cc2)cc1. The fourth-order valence-corrected chi connectivity index (χ4v) is 5.52. The first-order chi connectivity index (χ1) is 18.9. The Morgan fingerprint density at radius 1 is 0.289 bits per heavy atom. The highest BCUT2D eigenvalue weighted by Gasteiger charge is 2.17. The van der Waals surface area contributed by atoms with Gasteiger partial charge in [-0.1, -0.05) is 140 Å². The lowest BCUT2D eigenvalue weighted by Gasteiger charge is -2.17. The first-order valence-corrected chi connectivity index (χ1v) is 13.0. The number of hydrogen-bond donors (Lipinski definition) is 0. The molecule has 0 atom stereocenters. The quantitative estimate of drug-likeness (QED) is 0.227. The van der Waals surface area contributed by atoms with Crippen LogP contribution in [0.2, 0.25) is 0 Å². The number of hydrogen-bond acceptors (Lipinski definition) is 1. The van der Waals surface area contributed by atoms with Gasteiger partial charge in [-0.2, -0.15) is 0 Å². The van der Waals surface area contributed by atoms with Crippen molar-refractivity contribution in [1.29, 1.82) is 0 Å². The van der Waals surface area contributed by atoms with Crippen LogP contribution in [-0.4, -0.2) is 4.98 Å². The molecule has 1 nitrogen and oxygen atoms in total. The largest absolute Gasteiger partial charge is 0.256 e. The van der Waals surface area contributed by atoms with Gasteiger partial charge < -0.3 is 0 Å². The van der Waals surface area contributed by atoms with E-state index in [2.05, 4.69) is 140 Å². The van der Waals surface area contributed by atoms with Gasteiger partial charge in [0.05, 0.1) is 5.52 Å². The number of rotatable bonds is 4. The molecule has 0 saturated heterocycles. The van der Waals surface area contributed by atoms with Crippen molar-refractivity contribution in [3.8, 4) is 44.5 Å². The topological polar surface area (TPSA) is 12.9 Å². The molecule has 7 aromatic rings. The lowest BCUT2D eigenvalue weighted by Crippen LogP contribution is -1.92. The second kappa shape index (κ2) is 9.46. The Balaban J connectivity index is 1.43. The highest BCUT2D eigenvalue weighted by Crippen LogP contribution is 2.43. The van der Waals surface area contributed by atoms with Gasteiger partial charge in [0.25, 0.3) is 0 Å². The van der Waals surface area contributed by atoms with Crippen molar-refractivity contribution in [2.45, 2.75) is 0 Å². The van der Waals surface area contributed by atoms with Gasteiger partial charge in [-0.05, 0) is 55.8 Å². The van der Waals surface area contributed by atoms with Crippen LogP contribution in [0.25, 0.3) is 66.2 Å². The van der Waals surface area contributed by atoms with E-state index < -0.39 is 0 Å². The second-order valence-corrected chi connectivity index (χ2v) is 9.58. The average molecular weight is 484 g/mol. The molecule has 1 heterocycles. The van der Waals surface area contributed by atoms with Crippen molar-refractivity contribution in [1.82, 2.24) is 4.98 Å². The van der Waals surface area contributed by atoms with Gasteiger partial charge in [0, 0.05) is 17.1 Å². The molecule has 178 valence electrons. The molecular formula is C37H25N. The smallest absolute Gasteiger partial charge is 0.0792 e. The minimum Gasteiger partial charge on any atom is -0.256 e. The van der Waals surface area contributed by atoms with Crippen molar-refractivity contribution in [3.63, 3.8) is 0 Å². The molecule has 0 bridgehead atoms. The van der Waals surface area contributed by atoms with Crippen LogP contribution in [0.4, 0.5) is 0 Å². The first-order valence-electron chi connectivity index (χ1n) is 13.0. The first kappa shape index (κ1) is 22.2. The van der Waals surface area contributed by atoms with Crippen LogP contribution in [-0.2, 0) is 0 Å². The monoisotopic (exact) mass is 483 g/mol. The van der Waals surface area contributed by atoms with Crippen molar-refractivity contribution >= 4 is 21.7 Å². The highest BCUT2D eigenvalue weighted by molar-refractivity contribution is 6.20.